The zero-order valence-corrected chi connectivity index (χ0v) is 12.8. The van der Waals surface area contributed by atoms with Crippen molar-refractivity contribution in [1.82, 2.24) is 14.5 Å². The van der Waals surface area contributed by atoms with Gasteiger partial charge in [0.05, 0.1) is 17.6 Å². The van der Waals surface area contributed by atoms with E-state index < -0.39 is 0 Å². The van der Waals surface area contributed by atoms with Crippen LogP contribution in [-0.2, 0) is 13.1 Å². The highest BCUT2D eigenvalue weighted by atomic mass is 35.5. The summed E-state index contributed by atoms with van der Waals surface area (Å²) >= 11 is 0. The Kier molecular flexibility index (Phi) is 6.11. The van der Waals surface area contributed by atoms with Crippen LogP contribution in [0.2, 0.25) is 0 Å². The van der Waals surface area contributed by atoms with E-state index >= 15 is 0 Å². The van der Waals surface area contributed by atoms with Crippen LogP contribution in [0.15, 0.2) is 24.3 Å². The Morgan fingerprint density at radius 3 is 2.47 bits per heavy atom. The van der Waals surface area contributed by atoms with Gasteiger partial charge in [-0.05, 0) is 45.0 Å². The lowest BCUT2D eigenvalue weighted by Gasteiger charge is -2.14. The van der Waals surface area contributed by atoms with Crippen molar-refractivity contribution in [3.8, 4) is 0 Å². The van der Waals surface area contributed by atoms with E-state index in [0.717, 1.165) is 18.6 Å². The summed E-state index contributed by atoms with van der Waals surface area (Å²) in [6.45, 7) is 6.66. The number of nitrogens with zero attached hydrogens (tertiary/aromatic N) is 3. The second-order valence-corrected chi connectivity index (χ2v) is 4.74. The Hall–Kier alpha value is -0.770. The van der Waals surface area contributed by atoms with E-state index in [9.17, 15) is 0 Å². The van der Waals surface area contributed by atoms with Crippen LogP contribution < -0.4 is 0 Å². The van der Waals surface area contributed by atoms with Crippen LogP contribution in [0.5, 0.6) is 0 Å². The molecule has 19 heavy (non-hydrogen) atoms. The van der Waals surface area contributed by atoms with Gasteiger partial charge in [-0.15, -0.1) is 24.8 Å². The fraction of sp³-hybridized carbons (Fsp3) is 0.500. The van der Waals surface area contributed by atoms with Crippen molar-refractivity contribution in [2.24, 2.45) is 0 Å². The molecular formula is C14H21Cl2N3. The Bertz CT molecular complexity index is 518. The van der Waals surface area contributed by atoms with E-state index in [0.29, 0.717) is 0 Å². The van der Waals surface area contributed by atoms with Gasteiger partial charge in [-0.25, -0.2) is 4.98 Å². The van der Waals surface area contributed by atoms with Gasteiger partial charge in [0.1, 0.15) is 5.82 Å². The molecule has 2 heterocycles. The summed E-state index contributed by atoms with van der Waals surface area (Å²) in [6, 6.07) is 8.43. The van der Waals surface area contributed by atoms with Crippen molar-refractivity contribution in [2.45, 2.75) is 32.9 Å². The molecule has 0 bridgehead atoms. The van der Waals surface area contributed by atoms with Crippen molar-refractivity contribution in [2.75, 3.05) is 13.1 Å². The van der Waals surface area contributed by atoms with Crippen LogP contribution in [0, 0.1) is 0 Å². The normalized spacial score (nSPS) is 15.2. The van der Waals surface area contributed by atoms with E-state index in [4.69, 9.17) is 4.98 Å². The number of hydrogen-bond acceptors (Lipinski definition) is 2. The predicted octanol–water partition coefficient (Wildman–Crippen LogP) is 3.50. The SMILES string of the molecule is CCn1c(CN2CCCC2)nc2ccccc21.Cl.Cl. The number of para-hydroxylation sites is 2. The number of aryl methyl sites for hydroxylation is 1. The van der Waals surface area contributed by atoms with E-state index in [1.165, 1.54) is 37.3 Å². The van der Waals surface area contributed by atoms with Crippen LogP contribution in [0.4, 0.5) is 0 Å². The molecule has 0 N–H and O–H groups in total. The number of hydrogen-bond donors (Lipinski definition) is 0. The number of likely N-dealkylation sites (tertiary alicyclic amines) is 1. The lowest BCUT2D eigenvalue weighted by molar-refractivity contribution is 0.317. The number of halogens is 2. The zero-order valence-electron chi connectivity index (χ0n) is 11.2. The molecule has 0 spiro atoms. The standard InChI is InChI=1S/C14H19N3.2ClH/c1-2-17-13-8-4-3-7-12(13)15-14(17)11-16-9-5-6-10-16;;/h3-4,7-8H,2,5-6,9-11H2,1H3;2*1H. The molecule has 3 rings (SSSR count). The summed E-state index contributed by atoms with van der Waals surface area (Å²) in [5, 5.41) is 0. The van der Waals surface area contributed by atoms with Crippen LogP contribution in [0.1, 0.15) is 25.6 Å². The molecule has 1 aliphatic heterocycles. The largest absolute Gasteiger partial charge is 0.327 e. The van der Waals surface area contributed by atoms with Gasteiger partial charge in [-0.1, -0.05) is 12.1 Å². The molecule has 106 valence electrons. The van der Waals surface area contributed by atoms with E-state index in [1.807, 2.05) is 0 Å². The van der Waals surface area contributed by atoms with Gasteiger partial charge >= 0.3 is 0 Å². The van der Waals surface area contributed by atoms with Crippen molar-refractivity contribution >= 4 is 35.8 Å². The molecule has 1 aromatic heterocycles. The quantitative estimate of drug-likeness (QED) is 0.865. The third kappa shape index (κ3) is 3.22. The Morgan fingerprint density at radius 2 is 1.79 bits per heavy atom. The molecule has 2 aromatic rings. The number of benzene rings is 1. The molecule has 1 fully saturated rings. The third-order valence-corrected chi connectivity index (χ3v) is 3.61. The highest BCUT2D eigenvalue weighted by Crippen LogP contribution is 2.18. The average Bonchev–Trinajstić information content (AvgIpc) is 2.96. The Morgan fingerprint density at radius 1 is 1.11 bits per heavy atom. The fourth-order valence-electron chi connectivity index (χ4n) is 2.74. The van der Waals surface area contributed by atoms with Crippen LogP contribution in [0.3, 0.4) is 0 Å². The summed E-state index contributed by atoms with van der Waals surface area (Å²) in [6.07, 6.45) is 2.68. The molecule has 1 aromatic carbocycles. The average molecular weight is 302 g/mol. The van der Waals surface area contributed by atoms with Gasteiger partial charge in [-0.3, -0.25) is 4.90 Å². The van der Waals surface area contributed by atoms with Crippen molar-refractivity contribution in [3.05, 3.63) is 30.1 Å². The summed E-state index contributed by atoms with van der Waals surface area (Å²) in [4.78, 5) is 7.28. The number of imidazole rings is 1. The molecule has 1 aliphatic rings. The second kappa shape index (κ2) is 7.13. The second-order valence-electron chi connectivity index (χ2n) is 4.74. The third-order valence-electron chi connectivity index (χ3n) is 3.61. The molecule has 3 nitrogen and oxygen atoms in total. The first-order valence-electron chi connectivity index (χ1n) is 6.55. The van der Waals surface area contributed by atoms with Gasteiger partial charge in [0.15, 0.2) is 0 Å². The molecule has 5 heteroatoms. The first-order chi connectivity index (χ1) is 8.38. The number of rotatable bonds is 3. The topological polar surface area (TPSA) is 21.1 Å². The molecular weight excluding hydrogens is 281 g/mol. The molecule has 0 amide bonds. The lowest BCUT2D eigenvalue weighted by atomic mass is 10.3. The van der Waals surface area contributed by atoms with Gasteiger partial charge in [0.2, 0.25) is 0 Å². The summed E-state index contributed by atoms with van der Waals surface area (Å²) < 4.78 is 2.34. The predicted molar refractivity (Wildman–Crippen MR) is 84.4 cm³/mol. The molecule has 0 saturated carbocycles. The van der Waals surface area contributed by atoms with Gasteiger partial charge in [0.25, 0.3) is 0 Å². The molecule has 0 unspecified atom stereocenters. The Labute approximate surface area is 126 Å². The first kappa shape index (κ1) is 16.3. The highest BCUT2D eigenvalue weighted by Gasteiger charge is 2.16. The molecule has 0 atom stereocenters. The van der Waals surface area contributed by atoms with E-state index in [-0.39, 0.29) is 24.8 Å². The van der Waals surface area contributed by atoms with Crippen molar-refractivity contribution in [1.29, 1.82) is 0 Å². The van der Waals surface area contributed by atoms with Gasteiger partial charge in [-0.2, -0.15) is 0 Å². The first-order valence-corrected chi connectivity index (χ1v) is 6.55. The smallest absolute Gasteiger partial charge is 0.124 e. The minimum Gasteiger partial charge on any atom is -0.327 e. The minimum absolute atomic E-state index is 0. The van der Waals surface area contributed by atoms with Crippen molar-refractivity contribution in [3.63, 3.8) is 0 Å². The van der Waals surface area contributed by atoms with Crippen LogP contribution in [-0.4, -0.2) is 27.5 Å². The van der Waals surface area contributed by atoms with Gasteiger partial charge in [0, 0.05) is 6.54 Å². The molecule has 0 radical (unpaired) electrons. The maximum atomic E-state index is 4.77. The maximum absolute atomic E-state index is 4.77. The van der Waals surface area contributed by atoms with E-state index in [1.54, 1.807) is 0 Å². The monoisotopic (exact) mass is 301 g/mol. The van der Waals surface area contributed by atoms with Crippen LogP contribution >= 0.6 is 24.8 Å². The summed E-state index contributed by atoms with van der Waals surface area (Å²) in [7, 11) is 0. The van der Waals surface area contributed by atoms with Crippen LogP contribution in [0.25, 0.3) is 11.0 Å². The van der Waals surface area contributed by atoms with E-state index in [2.05, 4.69) is 40.7 Å². The highest BCUT2D eigenvalue weighted by molar-refractivity contribution is 5.85. The number of fused-ring (bicyclic) bond motifs is 1. The summed E-state index contributed by atoms with van der Waals surface area (Å²) in [5.41, 5.74) is 2.40. The summed E-state index contributed by atoms with van der Waals surface area (Å²) in [5.74, 6) is 1.22. The Balaban J connectivity index is 0.000000902. The zero-order chi connectivity index (χ0) is 11.7. The van der Waals surface area contributed by atoms with Gasteiger partial charge < -0.3 is 4.57 Å². The minimum atomic E-state index is 0. The number of aromatic nitrogens is 2. The van der Waals surface area contributed by atoms with Crippen molar-refractivity contribution < 1.29 is 0 Å². The fourth-order valence-corrected chi connectivity index (χ4v) is 2.74. The maximum Gasteiger partial charge on any atom is 0.124 e. The molecule has 0 aliphatic carbocycles. The lowest BCUT2D eigenvalue weighted by Crippen LogP contribution is -2.21. The molecule has 1 saturated heterocycles.